The van der Waals surface area contributed by atoms with E-state index in [1.165, 1.54) is 6.42 Å². The molecule has 0 saturated heterocycles. The molecule has 1 aliphatic carbocycles. The van der Waals surface area contributed by atoms with Crippen molar-refractivity contribution in [1.29, 1.82) is 0 Å². The molecular weight excluding hydrogens is 155 g/mol. The van der Waals surface area contributed by atoms with E-state index in [0.29, 0.717) is 0 Å². The fourth-order valence-corrected chi connectivity index (χ4v) is 1.37. The van der Waals surface area contributed by atoms with Gasteiger partial charge in [0.1, 0.15) is 0 Å². The Balaban J connectivity index is 0.000000561. The molecule has 1 aliphatic rings. The smallest absolute Gasteiger partial charge is 0.402 e. The summed E-state index contributed by atoms with van der Waals surface area (Å²) in [7, 11) is -1.58. The minimum absolute atomic E-state index is 0.0775. The topological polar surface area (TPSA) is 49.7 Å². The Morgan fingerprint density at radius 2 is 1.58 bits per heavy atom. The van der Waals surface area contributed by atoms with Gasteiger partial charge >= 0.3 is 7.32 Å². The van der Waals surface area contributed by atoms with Crippen molar-refractivity contribution < 1.29 is 14.7 Å². The van der Waals surface area contributed by atoms with Gasteiger partial charge in [-0.1, -0.05) is 19.3 Å². The summed E-state index contributed by atoms with van der Waals surface area (Å²) in [6.07, 6.45) is 5.57. The van der Waals surface area contributed by atoms with Gasteiger partial charge in [0.2, 0.25) is 0 Å². The third-order valence-corrected chi connectivity index (χ3v) is 1.87. The fourth-order valence-electron chi connectivity index (χ4n) is 1.37. The van der Waals surface area contributed by atoms with Crippen LogP contribution in [0.5, 0.6) is 0 Å². The second-order valence-corrected chi connectivity index (χ2v) is 2.72. The number of rotatable bonds is 2. The van der Waals surface area contributed by atoms with E-state index in [0.717, 1.165) is 25.7 Å². The number of hydrogen-bond acceptors (Lipinski definition) is 3. The summed E-state index contributed by atoms with van der Waals surface area (Å²) in [6, 6.07) is 0. The molecule has 0 bridgehead atoms. The maximum atomic E-state index is 8.44. The zero-order chi connectivity index (χ0) is 9.40. The molecule has 4 heteroatoms. The van der Waals surface area contributed by atoms with Crippen molar-refractivity contribution in [3.63, 3.8) is 0 Å². The van der Waals surface area contributed by atoms with Crippen molar-refractivity contribution in [3.05, 3.63) is 13.2 Å². The van der Waals surface area contributed by atoms with E-state index in [1.54, 1.807) is 0 Å². The SMILES string of the molecule is C=C.OB(O)OC1CCCCC1. The van der Waals surface area contributed by atoms with Crippen LogP contribution < -0.4 is 0 Å². The van der Waals surface area contributed by atoms with E-state index in [-0.39, 0.29) is 6.10 Å². The summed E-state index contributed by atoms with van der Waals surface area (Å²) < 4.78 is 4.80. The molecule has 1 saturated carbocycles. The Morgan fingerprint density at radius 1 is 1.08 bits per heavy atom. The summed E-state index contributed by atoms with van der Waals surface area (Å²) in [4.78, 5) is 0. The first-order valence-corrected chi connectivity index (χ1v) is 4.30. The van der Waals surface area contributed by atoms with Crippen LogP contribution in [-0.4, -0.2) is 23.5 Å². The van der Waals surface area contributed by atoms with E-state index in [9.17, 15) is 0 Å². The average Bonchev–Trinajstić information content (AvgIpc) is 2.08. The normalized spacial score (nSPS) is 17.8. The molecule has 0 aromatic heterocycles. The van der Waals surface area contributed by atoms with Crippen LogP contribution >= 0.6 is 0 Å². The van der Waals surface area contributed by atoms with Crippen LogP contribution in [0.3, 0.4) is 0 Å². The van der Waals surface area contributed by atoms with Crippen LogP contribution in [0, 0.1) is 0 Å². The summed E-state index contributed by atoms with van der Waals surface area (Å²) in [6.45, 7) is 6.00. The van der Waals surface area contributed by atoms with Gasteiger partial charge in [-0.25, -0.2) is 0 Å². The molecule has 0 radical (unpaired) electrons. The highest BCUT2D eigenvalue weighted by Gasteiger charge is 2.19. The standard InChI is InChI=1S/C6H13BO3.C2H4/c8-7(9)10-6-4-2-1-3-5-6;1-2/h6,8-9H,1-5H2;1-2H2. The first kappa shape index (κ1) is 11.7. The third-order valence-electron chi connectivity index (χ3n) is 1.87. The summed E-state index contributed by atoms with van der Waals surface area (Å²) in [5.41, 5.74) is 0. The highest BCUT2D eigenvalue weighted by molar-refractivity contribution is 6.32. The van der Waals surface area contributed by atoms with Gasteiger partial charge in [-0.05, 0) is 12.8 Å². The van der Waals surface area contributed by atoms with Gasteiger partial charge in [0.25, 0.3) is 0 Å². The van der Waals surface area contributed by atoms with E-state index >= 15 is 0 Å². The van der Waals surface area contributed by atoms with Crippen LogP contribution in [0.25, 0.3) is 0 Å². The van der Waals surface area contributed by atoms with Crippen molar-refractivity contribution in [1.82, 2.24) is 0 Å². The first-order chi connectivity index (χ1) is 5.79. The fraction of sp³-hybridized carbons (Fsp3) is 0.750. The molecule has 1 fully saturated rings. The maximum absolute atomic E-state index is 8.44. The lowest BCUT2D eigenvalue weighted by atomic mass is 9.97. The third kappa shape index (κ3) is 5.35. The van der Waals surface area contributed by atoms with Gasteiger partial charge in [-0.15, -0.1) is 13.2 Å². The lowest BCUT2D eigenvalue weighted by Crippen LogP contribution is -2.27. The number of hydrogen-bond donors (Lipinski definition) is 2. The largest absolute Gasteiger partial charge is 0.634 e. The monoisotopic (exact) mass is 172 g/mol. The van der Waals surface area contributed by atoms with E-state index in [4.69, 9.17) is 14.7 Å². The first-order valence-electron chi connectivity index (χ1n) is 4.30. The van der Waals surface area contributed by atoms with Crippen LogP contribution in [-0.2, 0) is 4.65 Å². The van der Waals surface area contributed by atoms with Crippen molar-refractivity contribution in [2.75, 3.05) is 0 Å². The Bertz CT molecular complexity index is 102. The Hall–Kier alpha value is -0.315. The second-order valence-electron chi connectivity index (χ2n) is 2.72. The summed E-state index contributed by atoms with van der Waals surface area (Å²) in [5, 5.41) is 16.9. The molecule has 0 amide bonds. The van der Waals surface area contributed by atoms with Crippen molar-refractivity contribution in [3.8, 4) is 0 Å². The van der Waals surface area contributed by atoms with Crippen molar-refractivity contribution in [2.45, 2.75) is 38.2 Å². The minimum Gasteiger partial charge on any atom is -0.402 e. The summed E-state index contributed by atoms with van der Waals surface area (Å²) in [5.74, 6) is 0. The van der Waals surface area contributed by atoms with Crippen LogP contribution in [0.15, 0.2) is 13.2 Å². The highest BCUT2D eigenvalue weighted by atomic mass is 16.6. The quantitative estimate of drug-likeness (QED) is 0.484. The summed E-state index contributed by atoms with van der Waals surface area (Å²) >= 11 is 0. The van der Waals surface area contributed by atoms with Gasteiger partial charge < -0.3 is 14.7 Å². The Morgan fingerprint density at radius 3 is 2.00 bits per heavy atom. The molecule has 0 aromatic rings. The predicted octanol–water partition coefficient (Wildman–Crippen LogP) is 1.11. The molecule has 0 atom stereocenters. The van der Waals surface area contributed by atoms with Gasteiger partial charge in [0.05, 0.1) is 0 Å². The van der Waals surface area contributed by atoms with Crippen LogP contribution in [0.1, 0.15) is 32.1 Å². The molecule has 0 aromatic carbocycles. The van der Waals surface area contributed by atoms with Gasteiger partial charge in [0, 0.05) is 6.10 Å². The highest BCUT2D eigenvalue weighted by Crippen LogP contribution is 2.19. The Labute approximate surface area is 74.2 Å². The van der Waals surface area contributed by atoms with Crippen LogP contribution in [0.4, 0.5) is 0 Å². The van der Waals surface area contributed by atoms with E-state index in [2.05, 4.69) is 13.2 Å². The van der Waals surface area contributed by atoms with Crippen molar-refractivity contribution in [2.24, 2.45) is 0 Å². The van der Waals surface area contributed by atoms with Crippen LogP contribution in [0.2, 0.25) is 0 Å². The zero-order valence-corrected chi connectivity index (χ0v) is 7.41. The lowest BCUT2D eigenvalue weighted by molar-refractivity contribution is 0.0899. The lowest BCUT2D eigenvalue weighted by Gasteiger charge is -2.21. The maximum Gasteiger partial charge on any atom is 0.634 e. The molecule has 2 N–H and O–H groups in total. The van der Waals surface area contributed by atoms with Gasteiger partial charge in [-0.3, -0.25) is 0 Å². The van der Waals surface area contributed by atoms with Crippen molar-refractivity contribution >= 4 is 7.32 Å². The van der Waals surface area contributed by atoms with E-state index in [1.807, 2.05) is 0 Å². The molecule has 0 unspecified atom stereocenters. The molecule has 70 valence electrons. The molecule has 0 aliphatic heterocycles. The Kier molecular flexibility index (Phi) is 7.15. The molecular formula is C8H17BO3. The minimum atomic E-state index is -1.58. The molecule has 0 spiro atoms. The van der Waals surface area contributed by atoms with Gasteiger partial charge in [-0.2, -0.15) is 0 Å². The zero-order valence-electron chi connectivity index (χ0n) is 7.41. The molecule has 0 heterocycles. The second kappa shape index (κ2) is 7.34. The molecule has 3 nitrogen and oxygen atoms in total. The average molecular weight is 172 g/mol. The molecule has 1 rings (SSSR count). The van der Waals surface area contributed by atoms with E-state index < -0.39 is 7.32 Å². The predicted molar refractivity (Wildman–Crippen MR) is 49.4 cm³/mol. The molecule has 12 heavy (non-hydrogen) atoms. The van der Waals surface area contributed by atoms with Gasteiger partial charge in [0.15, 0.2) is 0 Å².